The van der Waals surface area contributed by atoms with Crippen LogP contribution in [-0.4, -0.2) is 17.6 Å². The quantitative estimate of drug-likeness (QED) is 0.732. The van der Waals surface area contributed by atoms with E-state index in [2.05, 4.69) is 4.99 Å². The number of carbonyl (C=O) groups excluding carboxylic acids is 1. The van der Waals surface area contributed by atoms with Crippen LogP contribution in [0.15, 0.2) is 39.9 Å². The van der Waals surface area contributed by atoms with Gasteiger partial charge in [-0.25, -0.2) is 0 Å². The zero-order valence-electron chi connectivity index (χ0n) is 12.0. The molecule has 0 unspecified atom stereocenters. The van der Waals surface area contributed by atoms with Crippen molar-refractivity contribution >= 4 is 39.1 Å². The molecule has 0 aliphatic heterocycles. The van der Waals surface area contributed by atoms with E-state index in [1.165, 1.54) is 17.6 Å². The normalized spacial score (nSPS) is 12.0. The van der Waals surface area contributed by atoms with Crippen molar-refractivity contribution in [2.24, 2.45) is 4.99 Å². The van der Waals surface area contributed by atoms with Gasteiger partial charge < -0.3 is 13.7 Å². The van der Waals surface area contributed by atoms with Crippen LogP contribution in [0.5, 0.6) is 5.75 Å². The molecule has 3 rings (SSSR count). The number of hydrogen-bond acceptors (Lipinski definition) is 4. The zero-order valence-corrected chi connectivity index (χ0v) is 13.6. The predicted molar refractivity (Wildman–Crippen MR) is 85.7 cm³/mol. The van der Waals surface area contributed by atoms with Crippen molar-refractivity contribution in [1.29, 1.82) is 0 Å². The summed E-state index contributed by atoms with van der Waals surface area (Å²) < 4.78 is 13.2. The van der Waals surface area contributed by atoms with Crippen molar-refractivity contribution in [3.8, 4) is 5.75 Å². The third-order valence-electron chi connectivity index (χ3n) is 3.21. The van der Waals surface area contributed by atoms with Crippen LogP contribution >= 0.6 is 22.9 Å². The number of carbonyl (C=O) groups is 1. The second kappa shape index (κ2) is 5.98. The van der Waals surface area contributed by atoms with Crippen LogP contribution in [-0.2, 0) is 6.54 Å². The van der Waals surface area contributed by atoms with Crippen LogP contribution in [0.2, 0.25) is 5.02 Å². The first kappa shape index (κ1) is 14.9. The number of aromatic nitrogens is 1. The first-order chi connectivity index (χ1) is 10.7. The van der Waals surface area contributed by atoms with Crippen molar-refractivity contribution in [2.45, 2.75) is 13.5 Å². The maximum Gasteiger partial charge on any atom is 0.315 e. The molecule has 0 bridgehead atoms. The van der Waals surface area contributed by atoms with E-state index in [0.29, 0.717) is 22.1 Å². The minimum absolute atomic E-state index is 0.207. The van der Waals surface area contributed by atoms with E-state index in [1.807, 2.05) is 17.6 Å². The number of amides is 1. The number of halogens is 1. The Kier molecular flexibility index (Phi) is 4.04. The average Bonchev–Trinajstić information content (AvgIpc) is 3.15. The van der Waals surface area contributed by atoms with Crippen LogP contribution in [0.3, 0.4) is 0 Å². The van der Waals surface area contributed by atoms with E-state index in [1.54, 1.807) is 25.3 Å². The lowest BCUT2D eigenvalue weighted by molar-refractivity contribution is 0.0971. The van der Waals surface area contributed by atoms with Gasteiger partial charge in [-0.15, -0.1) is 0 Å². The standard InChI is InChI=1S/C15H13ClN2O3S/c1-3-18-12-10(20-2)7-6-9(16)13(12)22-15(18)17-14(19)11-5-4-8-21-11/h4-8H,3H2,1-2H3. The van der Waals surface area contributed by atoms with E-state index < -0.39 is 5.91 Å². The van der Waals surface area contributed by atoms with Crippen LogP contribution in [0, 0.1) is 0 Å². The number of ether oxygens (including phenoxy) is 1. The third-order valence-corrected chi connectivity index (χ3v) is 4.74. The lowest BCUT2D eigenvalue weighted by Crippen LogP contribution is -2.16. The van der Waals surface area contributed by atoms with Crippen LogP contribution < -0.4 is 9.54 Å². The summed E-state index contributed by atoms with van der Waals surface area (Å²) in [6.45, 7) is 2.61. The predicted octanol–water partition coefficient (Wildman–Crippen LogP) is 3.72. The average molecular weight is 337 g/mol. The van der Waals surface area contributed by atoms with E-state index in [-0.39, 0.29) is 5.76 Å². The molecule has 0 saturated heterocycles. The molecule has 0 atom stereocenters. The van der Waals surface area contributed by atoms with Gasteiger partial charge in [-0.1, -0.05) is 22.9 Å². The molecule has 114 valence electrons. The second-order valence-corrected chi connectivity index (χ2v) is 5.84. The van der Waals surface area contributed by atoms with Crippen molar-refractivity contribution in [3.63, 3.8) is 0 Å². The fourth-order valence-corrected chi connectivity index (χ4v) is 3.59. The van der Waals surface area contributed by atoms with Crippen LogP contribution in [0.25, 0.3) is 10.2 Å². The molecule has 0 radical (unpaired) electrons. The van der Waals surface area contributed by atoms with E-state index in [0.717, 1.165) is 10.2 Å². The highest BCUT2D eigenvalue weighted by atomic mass is 35.5. The molecule has 7 heteroatoms. The molecule has 3 aromatic rings. The molecule has 0 spiro atoms. The summed E-state index contributed by atoms with van der Waals surface area (Å²) in [5.41, 5.74) is 0.841. The molecule has 0 fully saturated rings. The highest BCUT2D eigenvalue weighted by molar-refractivity contribution is 7.17. The lowest BCUT2D eigenvalue weighted by atomic mass is 10.3. The largest absolute Gasteiger partial charge is 0.495 e. The fraction of sp³-hybridized carbons (Fsp3) is 0.200. The van der Waals surface area contributed by atoms with E-state index >= 15 is 0 Å². The molecule has 2 heterocycles. The molecule has 1 amide bonds. The molecule has 0 saturated carbocycles. The van der Waals surface area contributed by atoms with Gasteiger partial charge in [0.2, 0.25) is 0 Å². The molecule has 22 heavy (non-hydrogen) atoms. The highest BCUT2D eigenvalue weighted by Crippen LogP contribution is 2.33. The first-order valence-electron chi connectivity index (χ1n) is 6.64. The lowest BCUT2D eigenvalue weighted by Gasteiger charge is -2.06. The van der Waals surface area contributed by atoms with Gasteiger partial charge in [-0.3, -0.25) is 4.79 Å². The summed E-state index contributed by atoms with van der Waals surface area (Å²) in [7, 11) is 1.60. The molecular weight excluding hydrogens is 324 g/mol. The van der Waals surface area contributed by atoms with Gasteiger partial charge in [0.25, 0.3) is 0 Å². The van der Waals surface area contributed by atoms with E-state index in [9.17, 15) is 4.79 Å². The minimum atomic E-state index is -0.422. The number of methoxy groups -OCH3 is 1. The first-order valence-corrected chi connectivity index (χ1v) is 7.83. The smallest absolute Gasteiger partial charge is 0.315 e. The van der Waals surface area contributed by atoms with Crippen molar-refractivity contribution in [1.82, 2.24) is 4.57 Å². The van der Waals surface area contributed by atoms with Gasteiger partial charge in [0.1, 0.15) is 11.3 Å². The Labute approximate surface area is 135 Å². The summed E-state index contributed by atoms with van der Waals surface area (Å²) >= 11 is 7.61. The summed E-state index contributed by atoms with van der Waals surface area (Å²) in [4.78, 5) is 16.8. The summed E-state index contributed by atoms with van der Waals surface area (Å²) in [6, 6.07) is 6.82. The number of rotatable bonds is 3. The number of fused-ring (bicyclic) bond motifs is 1. The second-order valence-electron chi connectivity index (χ2n) is 4.45. The summed E-state index contributed by atoms with van der Waals surface area (Å²) in [5, 5.41) is 0.606. The maximum absolute atomic E-state index is 12.1. The number of benzene rings is 1. The monoisotopic (exact) mass is 336 g/mol. The van der Waals surface area contributed by atoms with E-state index in [4.69, 9.17) is 20.8 Å². The van der Waals surface area contributed by atoms with Crippen LogP contribution in [0.4, 0.5) is 0 Å². The number of aryl methyl sites for hydroxylation is 1. The van der Waals surface area contributed by atoms with Gasteiger partial charge in [-0.2, -0.15) is 4.99 Å². The van der Waals surface area contributed by atoms with Crippen molar-refractivity contribution < 1.29 is 13.9 Å². The number of furan rings is 1. The van der Waals surface area contributed by atoms with Crippen molar-refractivity contribution in [2.75, 3.05) is 7.11 Å². The molecular formula is C15H13ClN2O3S. The van der Waals surface area contributed by atoms with Gasteiger partial charge in [0.15, 0.2) is 10.6 Å². The zero-order chi connectivity index (χ0) is 15.7. The maximum atomic E-state index is 12.1. The molecule has 5 nitrogen and oxygen atoms in total. The Morgan fingerprint density at radius 1 is 1.45 bits per heavy atom. The fourth-order valence-electron chi connectivity index (χ4n) is 2.21. The Hall–Kier alpha value is -2.05. The Morgan fingerprint density at radius 2 is 2.27 bits per heavy atom. The molecule has 1 aromatic carbocycles. The Morgan fingerprint density at radius 3 is 2.91 bits per heavy atom. The highest BCUT2D eigenvalue weighted by Gasteiger charge is 2.15. The Bertz CT molecular complexity index is 894. The summed E-state index contributed by atoms with van der Waals surface area (Å²) in [6.07, 6.45) is 1.45. The SMILES string of the molecule is CCn1c(=NC(=O)c2ccco2)sc2c(Cl)ccc(OC)c21. The van der Waals surface area contributed by atoms with Gasteiger partial charge in [0.05, 0.1) is 23.1 Å². The number of nitrogens with zero attached hydrogens (tertiary/aromatic N) is 2. The topological polar surface area (TPSA) is 56.7 Å². The molecule has 0 N–H and O–H groups in total. The third kappa shape index (κ3) is 2.44. The van der Waals surface area contributed by atoms with Gasteiger partial charge in [0, 0.05) is 6.54 Å². The molecule has 2 aromatic heterocycles. The minimum Gasteiger partial charge on any atom is -0.495 e. The summed E-state index contributed by atoms with van der Waals surface area (Å²) in [5.74, 6) is 0.483. The molecule has 0 aliphatic rings. The Balaban J connectivity index is 2.26. The van der Waals surface area contributed by atoms with Gasteiger partial charge >= 0.3 is 5.91 Å². The van der Waals surface area contributed by atoms with Crippen LogP contribution in [0.1, 0.15) is 17.5 Å². The molecule has 0 aliphatic carbocycles. The number of thiazole rings is 1. The van der Waals surface area contributed by atoms with Crippen molar-refractivity contribution in [3.05, 3.63) is 46.1 Å². The number of hydrogen-bond donors (Lipinski definition) is 0. The van der Waals surface area contributed by atoms with Gasteiger partial charge in [-0.05, 0) is 31.2 Å².